The van der Waals surface area contributed by atoms with Crippen LogP contribution in [-0.4, -0.2) is 44.1 Å². The second-order valence-corrected chi connectivity index (χ2v) is 9.73. The number of ether oxygens (including phenoxy) is 3. The molecule has 0 saturated carbocycles. The number of carbonyl (C=O) groups excluding carboxylic acids is 2. The summed E-state index contributed by atoms with van der Waals surface area (Å²) in [6, 6.07) is 30.4. The number of hydrogen-bond donors (Lipinski definition) is 1. The van der Waals surface area contributed by atoms with Crippen LogP contribution in [-0.2, 0) is 22.6 Å². The Kier molecular flexibility index (Phi) is 10.6. The number of nitrogens with zero attached hydrogens (tertiary/aromatic N) is 1. The summed E-state index contributed by atoms with van der Waals surface area (Å²) in [6.07, 6.45) is 0.565. The molecule has 1 unspecified atom stereocenters. The van der Waals surface area contributed by atoms with Gasteiger partial charge in [0.25, 0.3) is 5.91 Å². The molecule has 8 heteroatoms. The first-order chi connectivity index (χ1) is 20.0. The van der Waals surface area contributed by atoms with Crippen molar-refractivity contribution < 1.29 is 23.8 Å². The van der Waals surface area contributed by atoms with E-state index in [4.69, 9.17) is 25.8 Å². The van der Waals surface area contributed by atoms with Gasteiger partial charge in [-0.3, -0.25) is 9.59 Å². The van der Waals surface area contributed by atoms with Gasteiger partial charge in [0.05, 0.1) is 14.2 Å². The maximum Gasteiger partial charge on any atom is 0.261 e. The molecule has 0 saturated heterocycles. The Morgan fingerprint density at radius 2 is 1.44 bits per heavy atom. The Hall–Kier alpha value is -4.49. The van der Waals surface area contributed by atoms with Crippen LogP contribution in [0.2, 0.25) is 5.02 Å². The fourth-order valence-electron chi connectivity index (χ4n) is 4.43. The van der Waals surface area contributed by atoms with Crippen molar-refractivity contribution in [3.05, 3.63) is 125 Å². The molecular weight excluding hydrogens is 540 g/mol. The van der Waals surface area contributed by atoms with Crippen molar-refractivity contribution in [1.29, 1.82) is 0 Å². The number of benzene rings is 4. The van der Waals surface area contributed by atoms with Crippen LogP contribution in [0.3, 0.4) is 0 Å². The van der Waals surface area contributed by atoms with Gasteiger partial charge in [-0.25, -0.2) is 0 Å². The number of halogens is 1. The lowest BCUT2D eigenvalue weighted by atomic mass is 10.0. The van der Waals surface area contributed by atoms with E-state index in [-0.39, 0.29) is 25.0 Å². The molecular formula is C33H33ClN2O5. The third kappa shape index (κ3) is 8.25. The first kappa shape index (κ1) is 29.5. The standard InChI is InChI=1S/C33H33ClN2O5/c1-39-29-18-15-24(21-30(29)40-2)19-20-35-33(38)32(26-9-5-3-6-10-26)36(22-25-13-16-27(34)17-14-25)31(37)23-41-28-11-7-4-8-12-28/h3-18,21,32H,19-20,22-23H2,1-2H3,(H,35,38). The molecule has 41 heavy (non-hydrogen) atoms. The Balaban J connectivity index is 1.56. The average molecular weight is 573 g/mol. The van der Waals surface area contributed by atoms with Gasteiger partial charge in [0.1, 0.15) is 11.8 Å². The summed E-state index contributed by atoms with van der Waals surface area (Å²) < 4.78 is 16.5. The number of methoxy groups -OCH3 is 2. The van der Waals surface area contributed by atoms with Crippen molar-refractivity contribution in [3.63, 3.8) is 0 Å². The van der Waals surface area contributed by atoms with Crippen molar-refractivity contribution in [3.8, 4) is 17.2 Å². The van der Waals surface area contributed by atoms with Gasteiger partial charge in [0.2, 0.25) is 5.91 Å². The Labute approximate surface area is 245 Å². The minimum atomic E-state index is -0.885. The number of para-hydroxylation sites is 1. The normalized spacial score (nSPS) is 11.3. The van der Waals surface area contributed by atoms with Crippen LogP contribution in [0.5, 0.6) is 17.2 Å². The lowest BCUT2D eigenvalue weighted by molar-refractivity contribution is -0.143. The molecule has 0 radical (unpaired) electrons. The van der Waals surface area contributed by atoms with E-state index < -0.39 is 6.04 Å². The van der Waals surface area contributed by atoms with Crippen molar-refractivity contribution in [1.82, 2.24) is 10.2 Å². The van der Waals surface area contributed by atoms with Gasteiger partial charge in [0, 0.05) is 18.1 Å². The van der Waals surface area contributed by atoms with Crippen LogP contribution < -0.4 is 19.5 Å². The highest BCUT2D eigenvalue weighted by Crippen LogP contribution is 2.28. The Morgan fingerprint density at radius 3 is 2.10 bits per heavy atom. The smallest absolute Gasteiger partial charge is 0.261 e. The number of nitrogens with one attached hydrogen (secondary N) is 1. The zero-order valence-electron chi connectivity index (χ0n) is 23.1. The third-order valence-corrected chi connectivity index (χ3v) is 6.78. The topological polar surface area (TPSA) is 77.1 Å². The summed E-state index contributed by atoms with van der Waals surface area (Å²) in [7, 11) is 3.17. The summed E-state index contributed by atoms with van der Waals surface area (Å²) in [6.45, 7) is 0.331. The van der Waals surface area contributed by atoms with E-state index in [0.29, 0.717) is 40.8 Å². The van der Waals surface area contributed by atoms with Gasteiger partial charge in [-0.1, -0.05) is 78.3 Å². The summed E-state index contributed by atoms with van der Waals surface area (Å²) in [4.78, 5) is 29.1. The van der Waals surface area contributed by atoms with Gasteiger partial charge in [0.15, 0.2) is 18.1 Å². The largest absolute Gasteiger partial charge is 0.493 e. The fraction of sp³-hybridized carbons (Fsp3) is 0.212. The molecule has 4 aromatic carbocycles. The molecule has 212 valence electrons. The summed E-state index contributed by atoms with van der Waals surface area (Å²) in [5.41, 5.74) is 2.50. The molecule has 1 N–H and O–H groups in total. The molecule has 0 fully saturated rings. The van der Waals surface area contributed by atoms with E-state index in [1.807, 2.05) is 78.9 Å². The maximum absolute atomic E-state index is 13.8. The second-order valence-electron chi connectivity index (χ2n) is 9.29. The highest BCUT2D eigenvalue weighted by Gasteiger charge is 2.31. The molecule has 0 spiro atoms. The quantitative estimate of drug-likeness (QED) is 0.217. The van der Waals surface area contributed by atoms with E-state index >= 15 is 0 Å². The molecule has 0 aliphatic carbocycles. The molecule has 0 aromatic heterocycles. The highest BCUT2D eigenvalue weighted by molar-refractivity contribution is 6.30. The molecule has 2 amide bonds. The fourth-order valence-corrected chi connectivity index (χ4v) is 4.55. The van der Waals surface area contributed by atoms with Gasteiger partial charge in [-0.2, -0.15) is 0 Å². The van der Waals surface area contributed by atoms with Crippen LogP contribution in [0.15, 0.2) is 103 Å². The zero-order valence-corrected chi connectivity index (χ0v) is 23.8. The van der Waals surface area contributed by atoms with Crippen molar-refractivity contribution >= 4 is 23.4 Å². The molecule has 0 heterocycles. The predicted molar refractivity (Wildman–Crippen MR) is 159 cm³/mol. The van der Waals surface area contributed by atoms with Crippen LogP contribution in [0.25, 0.3) is 0 Å². The van der Waals surface area contributed by atoms with E-state index in [2.05, 4.69) is 5.32 Å². The van der Waals surface area contributed by atoms with Crippen LogP contribution >= 0.6 is 11.6 Å². The molecule has 7 nitrogen and oxygen atoms in total. The molecule has 0 aliphatic heterocycles. The molecule has 0 bridgehead atoms. The van der Waals surface area contributed by atoms with Gasteiger partial charge in [-0.05, 0) is 59.5 Å². The lowest BCUT2D eigenvalue weighted by Crippen LogP contribution is -2.45. The first-order valence-corrected chi connectivity index (χ1v) is 13.6. The van der Waals surface area contributed by atoms with Crippen LogP contribution in [0.1, 0.15) is 22.7 Å². The number of hydrogen-bond acceptors (Lipinski definition) is 5. The van der Waals surface area contributed by atoms with Gasteiger partial charge < -0.3 is 24.4 Å². The minimum Gasteiger partial charge on any atom is -0.493 e. The summed E-state index contributed by atoms with van der Waals surface area (Å²) >= 11 is 6.10. The SMILES string of the molecule is COc1ccc(CCNC(=O)C(c2ccccc2)N(Cc2ccc(Cl)cc2)C(=O)COc2ccccc2)cc1OC. The lowest BCUT2D eigenvalue weighted by Gasteiger charge is -2.31. The van der Waals surface area contributed by atoms with Crippen molar-refractivity contribution in [2.45, 2.75) is 19.0 Å². The number of rotatable bonds is 13. The Morgan fingerprint density at radius 1 is 0.805 bits per heavy atom. The van der Waals surface area contributed by atoms with Gasteiger partial charge in [-0.15, -0.1) is 0 Å². The highest BCUT2D eigenvalue weighted by atomic mass is 35.5. The third-order valence-electron chi connectivity index (χ3n) is 6.53. The summed E-state index contributed by atoms with van der Waals surface area (Å²) in [5.74, 6) is 1.21. The van der Waals surface area contributed by atoms with E-state index in [9.17, 15) is 9.59 Å². The van der Waals surface area contributed by atoms with Crippen molar-refractivity contribution in [2.75, 3.05) is 27.4 Å². The van der Waals surface area contributed by atoms with E-state index in [1.165, 1.54) is 0 Å². The van der Waals surface area contributed by atoms with E-state index in [0.717, 1.165) is 11.1 Å². The van der Waals surface area contributed by atoms with Crippen molar-refractivity contribution in [2.24, 2.45) is 0 Å². The second kappa shape index (κ2) is 14.8. The molecule has 0 aliphatic rings. The van der Waals surface area contributed by atoms with Gasteiger partial charge >= 0.3 is 0 Å². The molecule has 1 atom stereocenters. The number of amides is 2. The molecule has 4 rings (SSSR count). The monoisotopic (exact) mass is 572 g/mol. The minimum absolute atomic E-state index is 0.191. The van der Waals surface area contributed by atoms with Crippen LogP contribution in [0, 0.1) is 0 Å². The Bertz CT molecular complexity index is 1420. The predicted octanol–water partition coefficient (Wildman–Crippen LogP) is 5.87. The maximum atomic E-state index is 13.8. The first-order valence-electron chi connectivity index (χ1n) is 13.2. The molecule has 4 aromatic rings. The average Bonchev–Trinajstić information content (AvgIpc) is 3.01. The zero-order chi connectivity index (χ0) is 29.0. The summed E-state index contributed by atoms with van der Waals surface area (Å²) in [5, 5.41) is 3.62. The number of carbonyl (C=O) groups is 2. The van der Waals surface area contributed by atoms with E-state index in [1.54, 1.807) is 43.4 Å². The van der Waals surface area contributed by atoms with Crippen LogP contribution in [0.4, 0.5) is 0 Å².